The van der Waals surface area contributed by atoms with Crippen molar-refractivity contribution in [1.82, 2.24) is 10.2 Å². The normalized spacial score (nSPS) is 34.0. The summed E-state index contributed by atoms with van der Waals surface area (Å²) in [5, 5.41) is 6.30. The van der Waals surface area contributed by atoms with Gasteiger partial charge in [0.25, 0.3) is 0 Å². The van der Waals surface area contributed by atoms with Gasteiger partial charge in [0, 0.05) is 18.3 Å². The summed E-state index contributed by atoms with van der Waals surface area (Å²) in [7, 11) is 0. The van der Waals surface area contributed by atoms with Crippen molar-refractivity contribution in [3.8, 4) is 0 Å². The average molecular weight is 508 g/mol. The van der Waals surface area contributed by atoms with Crippen molar-refractivity contribution in [2.75, 3.05) is 11.9 Å². The molecule has 37 heavy (non-hydrogen) atoms. The summed E-state index contributed by atoms with van der Waals surface area (Å²) in [5.74, 6) is -1.46. The summed E-state index contributed by atoms with van der Waals surface area (Å²) < 4.78 is 6.46. The first-order valence-electron chi connectivity index (χ1n) is 14.2. The number of amides is 3. The molecule has 3 fully saturated rings. The van der Waals surface area contributed by atoms with Gasteiger partial charge in [-0.2, -0.15) is 0 Å². The molecule has 2 N–H and O–H groups in total. The first-order chi connectivity index (χ1) is 17.9. The average Bonchev–Trinajstić information content (AvgIpc) is 3.51. The maximum Gasteiger partial charge on any atom is 0.246 e. The van der Waals surface area contributed by atoms with Crippen LogP contribution in [0.3, 0.4) is 0 Å². The lowest BCUT2D eigenvalue weighted by Gasteiger charge is -2.36. The standard InChI is InChI=1S/C30H41N3O4/c1-4-5-6-9-17-33-26(28(35)32-22-14-8-7-12-20(22)3)30-16-15-23(37-30)24(25(30)29(33)36)27(34)31-21-13-10-11-19(2)18-21/h10-11,13,15-16,18,20,22-26H,4-9,12,14,17H2,1-3H3,(H,31,34)(H,32,35)/t20-,22+,23-,24-,25-,26+,30+/m1/s1. The van der Waals surface area contributed by atoms with E-state index in [2.05, 4.69) is 24.5 Å². The zero-order valence-electron chi connectivity index (χ0n) is 22.4. The first kappa shape index (κ1) is 26.0. The van der Waals surface area contributed by atoms with Crippen LogP contribution >= 0.6 is 0 Å². The molecule has 2 bridgehead atoms. The van der Waals surface area contributed by atoms with Crippen molar-refractivity contribution in [2.24, 2.45) is 17.8 Å². The van der Waals surface area contributed by atoms with Crippen LogP contribution in [-0.2, 0) is 19.1 Å². The van der Waals surface area contributed by atoms with Gasteiger partial charge in [0.05, 0.1) is 17.9 Å². The second-order valence-corrected chi connectivity index (χ2v) is 11.5. The van der Waals surface area contributed by atoms with Crippen LogP contribution in [0.2, 0.25) is 0 Å². The molecule has 0 aromatic heterocycles. The van der Waals surface area contributed by atoms with Crippen LogP contribution in [0, 0.1) is 24.7 Å². The Kier molecular flexibility index (Phi) is 7.44. The van der Waals surface area contributed by atoms with Gasteiger partial charge in [0.2, 0.25) is 17.7 Å². The Labute approximate surface area is 220 Å². The van der Waals surface area contributed by atoms with Gasteiger partial charge in [-0.05, 0) is 49.8 Å². The van der Waals surface area contributed by atoms with E-state index in [1.165, 1.54) is 6.42 Å². The Hall–Kier alpha value is -2.67. The minimum absolute atomic E-state index is 0.108. The van der Waals surface area contributed by atoms with E-state index < -0.39 is 29.6 Å². The number of ether oxygens (including phenoxy) is 1. The van der Waals surface area contributed by atoms with E-state index in [0.717, 1.165) is 50.5 Å². The molecular formula is C30H41N3O4. The maximum atomic E-state index is 14.0. The largest absolute Gasteiger partial charge is 0.359 e. The van der Waals surface area contributed by atoms with Gasteiger partial charge in [-0.3, -0.25) is 14.4 Å². The molecule has 1 aromatic rings. The second kappa shape index (κ2) is 10.6. The fourth-order valence-electron chi connectivity index (χ4n) is 6.96. The minimum atomic E-state index is -1.09. The van der Waals surface area contributed by atoms with Crippen LogP contribution in [0.15, 0.2) is 36.4 Å². The molecule has 1 aromatic carbocycles. The fourth-order valence-corrected chi connectivity index (χ4v) is 6.96. The number of hydrogen-bond donors (Lipinski definition) is 2. The third-order valence-electron chi connectivity index (χ3n) is 8.90. The number of carbonyl (C=O) groups is 3. The highest BCUT2D eigenvalue weighted by molar-refractivity contribution is 6.02. The molecule has 2 saturated heterocycles. The Morgan fingerprint density at radius 1 is 1.14 bits per heavy atom. The first-order valence-corrected chi connectivity index (χ1v) is 14.2. The Morgan fingerprint density at radius 2 is 1.95 bits per heavy atom. The fraction of sp³-hybridized carbons (Fsp3) is 0.633. The highest BCUT2D eigenvalue weighted by atomic mass is 16.5. The maximum absolute atomic E-state index is 14.0. The molecule has 1 saturated carbocycles. The van der Waals surface area contributed by atoms with E-state index in [1.54, 1.807) is 4.90 Å². The van der Waals surface area contributed by atoms with Crippen LogP contribution < -0.4 is 10.6 Å². The minimum Gasteiger partial charge on any atom is -0.359 e. The lowest BCUT2D eigenvalue weighted by atomic mass is 9.74. The zero-order valence-corrected chi connectivity index (χ0v) is 22.4. The molecule has 200 valence electrons. The Balaban J connectivity index is 1.41. The second-order valence-electron chi connectivity index (χ2n) is 11.5. The molecule has 0 unspecified atom stereocenters. The van der Waals surface area contributed by atoms with Crippen molar-refractivity contribution in [1.29, 1.82) is 0 Å². The summed E-state index contributed by atoms with van der Waals surface area (Å²) in [5.41, 5.74) is 0.652. The molecule has 7 atom stereocenters. The van der Waals surface area contributed by atoms with E-state index >= 15 is 0 Å². The van der Waals surface area contributed by atoms with Gasteiger partial charge in [0.1, 0.15) is 11.6 Å². The summed E-state index contributed by atoms with van der Waals surface area (Å²) >= 11 is 0. The molecule has 4 aliphatic rings. The number of benzene rings is 1. The third-order valence-corrected chi connectivity index (χ3v) is 8.90. The van der Waals surface area contributed by atoms with E-state index in [4.69, 9.17) is 4.74 Å². The van der Waals surface area contributed by atoms with E-state index in [9.17, 15) is 14.4 Å². The lowest BCUT2D eigenvalue weighted by molar-refractivity contribution is -0.141. The van der Waals surface area contributed by atoms with Crippen molar-refractivity contribution in [3.05, 3.63) is 42.0 Å². The summed E-state index contributed by atoms with van der Waals surface area (Å²) in [4.78, 5) is 43.2. The summed E-state index contributed by atoms with van der Waals surface area (Å²) in [6.07, 6.45) is 11.7. The van der Waals surface area contributed by atoms with Crippen molar-refractivity contribution in [3.63, 3.8) is 0 Å². The molecule has 7 heteroatoms. The third kappa shape index (κ3) is 4.71. The molecule has 0 radical (unpaired) electrons. The highest BCUT2D eigenvalue weighted by Gasteiger charge is 2.72. The van der Waals surface area contributed by atoms with E-state index in [0.29, 0.717) is 18.2 Å². The number of rotatable bonds is 9. The summed E-state index contributed by atoms with van der Waals surface area (Å²) in [6.45, 7) is 6.82. The number of aryl methyl sites for hydroxylation is 1. The van der Waals surface area contributed by atoms with Gasteiger partial charge < -0.3 is 20.3 Å². The van der Waals surface area contributed by atoms with Crippen LogP contribution in [0.5, 0.6) is 0 Å². The molecule has 5 rings (SSSR count). The number of nitrogens with zero attached hydrogens (tertiary/aromatic N) is 1. The number of anilines is 1. The zero-order chi connectivity index (χ0) is 26.2. The highest BCUT2D eigenvalue weighted by Crippen LogP contribution is 2.55. The predicted octanol–water partition coefficient (Wildman–Crippen LogP) is 4.36. The molecule has 3 amide bonds. The van der Waals surface area contributed by atoms with Crippen molar-refractivity contribution < 1.29 is 19.1 Å². The Morgan fingerprint density at radius 3 is 2.70 bits per heavy atom. The van der Waals surface area contributed by atoms with Crippen LogP contribution in [0.25, 0.3) is 0 Å². The molecule has 3 heterocycles. The van der Waals surface area contributed by atoms with Gasteiger partial charge in [-0.1, -0.05) is 70.2 Å². The van der Waals surface area contributed by atoms with Gasteiger partial charge >= 0.3 is 0 Å². The number of fused-ring (bicyclic) bond motifs is 1. The van der Waals surface area contributed by atoms with Gasteiger partial charge in [0.15, 0.2) is 0 Å². The number of nitrogens with one attached hydrogen (secondary N) is 2. The topological polar surface area (TPSA) is 87.7 Å². The summed E-state index contributed by atoms with van der Waals surface area (Å²) in [6, 6.07) is 6.99. The van der Waals surface area contributed by atoms with Crippen molar-refractivity contribution >= 4 is 23.4 Å². The van der Waals surface area contributed by atoms with Gasteiger partial charge in [-0.15, -0.1) is 0 Å². The number of unbranched alkanes of at least 4 members (excludes halogenated alkanes) is 3. The number of hydrogen-bond acceptors (Lipinski definition) is 4. The molecule has 3 aliphatic heterocycles. The van der Waals surface area contributed by atoms with Crippen LogP contribution in [-0.4, -0.2) is 53.0 Å². The molecule has 1 spiro atoms. The monoisotopic (exact) mass is 507 g/mol. The molecular weight excluding hydrogens is 466 g/mol. The van der Waals surface area contributed by atoms with Crippen LogP contribution in [0.1, 0.15) is 70.8 Å². The van der Waals surface area contributed by atoms with Gasteiger partial charge in [-0.25, -0.2) is 0 Å². The number of carbonyl (C=O) groups excluding carboxylic acids is 3. The van der Waals surface area contributed by atoms with E-state index in [1.807, 2.05) is 43.3 Å². The number of likely N-dealkylation sites (tertiary alicyclic amines) is 1. The lowest BCUT2D eigenvalue weighted by Crippen LogP contribution is -2.57. The molecule has 1 aliphatic carbocycles. The molecule has 7 nitrogen and oxygen atoms in total. The predicted molar refractivity (Wildman–Crippen MR) is 143 cm³/mol. The van der Waals surface area contributed by atoms with E-state index in [-0.39, 0.29) is 23.8 Å². The van der Waals surface area contributed by atoms with Crippen LogP contribution in [0.4, 0.5) is 5.69 Å². The SMILES string of the molecule is CCCCCCN1C(=O)[C@H]2[C@H](C(=O)Nc3cccc(C)c3)[C@H]3C=C[C@@]2(O3)[C@@H]1C(=O)N[C@H]1CCCC[C@H]1C. The smallest absolute Gasteiger partial charge is 0.246 e. The Bertz CT molecular complexity index is 1070. The quantitative estimate of drug-likeness (QED) is 0.384. The van der Waals surface area contributed by atoms with Crippen molar-refractivity contribution in [2.45, 2.75) is 95.9 Å².